The number of hydrogen-bond donors (Lipinski definition) is 2. The minimum absolute atomic E-state index is 0.203. The Morgan fingerprint density at radius 3 is 2.61 bits per heavy atom. The molecule has 1 aromatic heterocycles. The molecule has 0 atom stereocenters. The lowest BCUT2D eigenvalue weighted by molar-refractivity contribution is 0.0977. The first-order chi connectivity index (χ1) is 13.6. The highest BCUT2D eigenvalue weighted by Gasteiger charge is 2.10. The van der Waals surface area contributed by atoms with Crippen LogP contribution in [0.3, 0.4) is 0 Å². The van der Waals surface area contributed by atoms with Crippen molar-refractivity contribution in [3.63, 3.8) is 0 Å². The van der Waals surface area contributed by atoms with Gasteiger partial charge in [-0.25, -0.2) is 4.99 Å². The van der Waals surface area contributed by atoms with Crippen LogP contribution in [0.5, 0.6) is 0 Å². The van der Waals surface area contributed by atoms with E-state index in [1.807, 2.05) is 67.8 Å². The van der Waals surface area contributed by atoms with Crippen LogP contribution < -0.4 is 10.6 Å². The molecule has 3 aromatic rings. The maximum Gasteiger partial charge on any atom is 0.257 e. The smallest absolute Gasteiger partial charge is 0.257 e. The maximum absolute atomic E-state index is 12.7. The van der Waals surface area contributed by atoms with Gasteiger partial charge in [0.1, 0.15) is 0 Å². The Labute approximate surface area is 169 Å². The molecule has 5 nitrogen and oxygen atoms in total. The fourth-order valence-corrected chi connectivity index (χ4v) is 3.03. The first-order valence-corrected chi connectivity index (χ1v) is 10.1. The van der Waals surface area contributed by atoms with Crippen molar-refractivity contribution < 1.29 is 4.79 Å². The van der Waals surface area contributed by atoms with E-state index in [0.29, 0.717) is 18.1 Å². The average Bonchev–Trinajstić information content (AvgIpc) is 2.73. The maximum atomic E-state index is 12.7. The van der Waals surface area contributed by atoms with Crippen LogP contribution in [0.25, 0.3) is 0 Å². The molecule has 0 saturated heterocycles. The number of nitrogens with zero attached hydrogens (tertiary/aromatic N) is 2. The van der Waals surface area contributed by atoms with Crippen LogP contribution in [0.4, 0.5) is 5.69 Å². The zero-order chi connectivity index (χ0) is 19.8. The van der Waals surface area contributed by atoms with Crippen molar-refractivity contribution >= 4 is 29.3 Å². The van der Waals surface area contributed by atoms with E-state index in [1.54, 1.807) is 30.2 Å². The summed E-state index contributed by atoms with van der Waals surface area (Å²) in [7, 11) is 0. The second-order valence-corrected chi connectivity index (χ2v) is 7.08. The molecule has 0 aliphatic heterocycles. The molecular formula is C22H22N4OS. The van der Waals surface area contributed by atoms with Gasteiger partial charge in [-0.05, 0) is 61.2 Å². The number of amides is 1. The van der Waals surface area contributed by atoms with E-state index in [1.165, 1.54) is 0 Å². The van der Waals surface area contributed by atoms with Gasteiger partial charge in [0, 0.05) is 28.5 Å². The minimum atomic E-state index is -0.203. The number of nitrogens with one attached hydrogen (secondary N) is 2. The van der Waals surface area contributed by atoms with Crippen molar-refractivity contribution in [1.29, 1.82) is 0 Å². The topological polar surface area (TPSA) is 66.4 Å². The molecule has 0 aliphatic rings. The minimum Gasteiger partial charge on any atom is -0.326 e. The highest BCUT2D eigenvalue weighted by atomic mass is 32.2. The lowest BCUT2D eigenvalue weighted by atomic mass is 10.1. The van der Waals surface area contributed by atoms with Crippen molar-refractivity contribution in [3.05, 3.63) is 89.7 Å². The van der Waals surface area contributed by atoms with E-state index >= 15 is 0 Å². The average molecular weight is 391 g/mol. The zero-order valence-corrected chi connectivity index (χ0v) is 16.7. The Hall–Kier alpha value is -3.12. The number of carbonyl (C=O) groups excluding carboxylic acids is 1. The molecule has 0 saturated carbocycles. The molecule has 142 valence electrons. The summed E-state index contributed by atoms with van der Waals surface area (Å²) in [4.78, 5) is 22.4. The molecule has 0 fully saturated rings. The number of guanidine groups is 1. The number of thioether (sulfide) groups is 1. The van der Waals surface area contributed by atoms with Gasteiger partial charge in [0.05, 0.1) is 6.54 Å². The molecule has 1 heterocycles. The molecule has 0 unspecified atom stereocenters. The summed E-state index contributed by atoms with van der Waals surface area (Å²) in [5, 5.41) is 6.12. The fraction of sp³-hybridized carbons (Fsp3) is 0.136. The van der Waals surface area contributed by atoms with Crippen molar-refractivity contribution in [3.8, 4) is 0 Å². The molecule has 6 heteroatoms. The van der Waals surface area contributed by atoms with E-state index in [2.05, 4.69) is 20.6 Å². The van der Waals surface area contributed by atoms with Crippen LogP contribution in [0.2, 0.25) is 0 Å². The van der Waals surface area contributed by atoms with Crippen LogP contribution in [0, 0.1) is 6.92 Å². The number of aliphatic imine (C=N–C) groups is 1. The number of aryl methyl sites for hydroxylation is 1. The number of anilines is 1. The van der Waals surface area contributed by atoms with Gasteiger partial charge in [-0.1, -0.05) is 23.8 Å². The SMILES string of the molecule is CSc1cccc(NC(=NCc2ccncc2)NC(=O)c2cccc(C)c2)c1. The summed E-state index contributed by atoms with van der Waals surface area (Å²) in [5.41, 5.74) is 3.50. The summed E-state index contributed by atoms with van der Waals surface area (Å²) >= 11 is 1.66. The highest BCUT2D eigenvalue weighted by molar-refractivity contribution is 7.98. The summed E-state index contributed by atoms with van der Waals surface area (Å²) in [6.45, 7) is 2.39. The second kappa shape index (κ2) is 9.71. The lowest BCUT2D eigenvalue weighted by Crippen LogP contribution is -2.36. The number of carbonyl (C=O) groups is 1. The molecule has 3 rings (SSSR count). The third-order valence-corrected chi connectivity index (χ3v) is 4.74. The Balaban J connectivity index is 1.81. The van der Waals surface area contributed by atoms with E-state index in [-0.39, 0.29) is 5.91 Å². The second-order valence-electron chi connectivity index (χ2n) is 6.20. The van der Waals surface area contributed by atoms with Gasteiger partial charge in [0.15, 0.2) is 0 Å². The van der Waals surface area contributed by atoms with E-state index < -0.39 is 0 Å². The highest BCUT2D eigenvalue weighted by Crippen LogP contribution is 2.19. The summed E-state index contributed by atoms with van der Waals surface area (Å²) in [6.07, 6.45) is 5.48. The number of benzene rings is 2. The lowest BCUT2D eigenvalue weighted by Gasteiger charge is -2.13. The van der Waals surface area contributed by atoms with Gasteiger partial charge in [-0.3, -0.25) is 15.1 Å². The van der Waals surface area contributed by atoms with E-state index in [4.69, 9.17) is 0 Å². The predicted octanol–water partition coefficient (Wildman–Crippen LogP) is 4.51. The number of rotatable bonds is 5. The normalized spacial score (nSPS) is 11.1. The molecular weight excluding hydrogens is 368 g/mol. The van der Waals surface area contributed by atoms with Crippen molar-refractivity contribution in [2.75, 3.05) is 11.6 Å². The monoisotopic (exact) mass is 390 g/mol. The van der Waals surface area contributed by atoms with Gasteiger partial charge >= 0.3 is 0 Å². The summed E-state index contributed by atoms with van der Waals surface area (Å²) < 4.78 is 0. The van der Waals surface area contributed by atoms with Crippen LogP contribution in [-0.4, -0.2) is 23.1 Å². The number of hydrogen-bond acceptors (Lipinski definition) is 4. The van der Waals surface area contributed by atoms with Gasteiger partial charge < -0.3 is 5.32 Å². The van der Waals surface area contributed by atoms with Gasteiger partial charge in [-0.2, -0.15) is 0 Å². The summed E-state index contributed by atoms with van der Waals surface area (Å²) in [6, 6.07) is 19.2. The van der Waals surface area contributed by atoms with Gasteiger partial charge in [0.2, 0.25) is 5.96 Å². The van der Waals surface area contributed by atoms with Crippen LogP contribution in [0.15, 0.2) is 82.9 Å². The zero-order valence-electron chi connectivity index (χ0n) is 15.8. The van der Waals surface area contributed by atoms with Crippen molar-refractivity contribution in [1.82, 2.24) is 10.3 Å². The molecule has 2 N–H and O–H groups in total. The molecule has 0 spiro atoms. The molecule has 0 bridgehead atoms. The first kappa shape index (κ1) is 19.6. The molecule has 2 aromatic carbocycles. The van der Waals surface area contributed by atoms with E-state index in [0.717, 1.165) is 21.7 Å². The number of pyridine rings is 1. The van der Waals surface area contributed by atoms with Crippen molar-refractivity contribution in [2.24, 2.45) is 4.99 Å². The Bertz CT molecular complexity index is 973. The van der Waals surface area contributed by atoms with Crippen LogP contribution >= 0.6 is 11.8 Å². The third kappa shape index (κ3) is 5.69. The third-order valence-electron chi connectivity index (χ3n) is 4.01. The predicted molar refractivity (Wildman–Crippen MR) is 116 cm³/mol. The van der Waals surface area contributed by atoms with E-state index in [9.17, 15) is 4.79 Å². The standard InChI is InChI=1S/C22H22N4OS/c1-16-5-3-6-18(13-16)21(27)26-22(24-15-17-9-11-23-12-10-17)25-19-7-4-8-20(14-19)28-2/h3-14H,15H2,1-2H3,(H2,24,25,26,27). The number of aromatic nitrogens is 1. The molecule has 1 amide bonds. The quantitative estimate of drug-likeness (QED) is 0.382. The Morgan fingerprint density at radius 2 is 1.86 bits per heavy atom. The van der Waals surface area contributed by atoms with Crippen molar-refractivity contribution in [2.45, 2.75) is 18.4 Å². The summed E-state index contributed by atoms with van der Waals surface area (Å²) in [5.74, 6) is 0.201. The van der Waals surface area contributed by atoms with Crippen LogP contribution in [-0.2, 0) is 6.54 Å². The van der Waals surface area contributed by atoms with Gasteiger partial charge in [0.25, 0.3) is 5.91 Å². The Kier molecular flexibility index (Phi) is 6.81. The first-order valence-electron chi connectivity index (χ1n) is 8.86. The molecule has 0 aliphatic carbocycles. The molecule has 28 heavy (non-hydrogen) atoms. The fourth-order valence-electron chi connectivity index (χ4n) is 2.57. The largest absolute Gasteiger partial charge is 0.326 e. The molecule has 0 radical (unpaired) electrons. The van der Waals surface area contributed by atoms with Gasteiger partial charge in [-0.15, -0.1) is 11.8 Å². The Morgan fingerprint density at radius 1 is 1.07 bits per heavy atom. The van der Waals surface area contributed by atoms with Crippen LogP contribution in [0.1, 0.15) is 21.5 Å².